The van der Waals surface area contributed by atoms with Crippen LogP contribution in [0.1, 0.15) is 74.9 Å². The van der Waals surface area contributed by atoms with E-state index in [9.17, 15) is 24.3 Å². The maximum absolute atomic E-state index is 13.8. The van der Waals surface area contributed by atoms with Crippen LogP contribution in [0.5, 0.6) is 0 Å². The van der Waals surface area contributed by atoms with E-state index in [1.807, 2.05) is 30.9 Å². The van der Waals surface area contributed by atoms with Gasteiger partial charge in [-0.15, -0.1) is 11.3 Å². The van der Waals surface area contributed by atoms with Gasteiger partial charge in [0.15, 0.2) is 0 Å². The molecule has 3 aromatic heterocycles. The minimum absolute atomic E-state index is 0.116. The third kappa shape index (κ3) is 7.65. The van der Waals surface area contributed by atoms with Crippen molar-refractivity contribution < 1.29 is 29.0 Å². The zero-order chi connectivity index (χ0) is 42.4. The van der Waals surface area contributed by atoms with Gasteiger partial charge in [-0.05, 0) is 77.8 Å². The number of amides is 4. The number of benzene rings is 4. The average Bonchev–Trinajstić information content (AvgIpc) is 4.12. The highest BCUT2D eigenvalue weighted by atomic mass is 32.1. The highest BCUT2D eigenvalue weighted by molar-refractivity contribution is 7.22. The topological polar surface area (TPSA) is 186 Å². The molecule has 5 N–H and O–H groups in total. The number of nitrogens with zero attached hydrogens (tertiary/aromatic N) is 4. The largest absolute Gasteiger partial charge is 0.465 e. The Morgan fingerprint density at radius 1 is 0.820 bits per heavy atom. The van der Waals surface area contributed by atoms with Crippen LogP contribution in [0.15, 0.2) is 91.1 Å². The monoisotopic (exact) mass is 838 g/mol. The molecule has 0 radical (unpaired) electrons. The van der Waals surface area contributed by atoms with Crippen LogP contribution in [0.3, 0.4) is 0 Å². The number of hydrogen-bond acceptors (Lipinski definition) is 8. The van der Waals surface area contributed by atoms with Gasteiger partial charge in [0.05, 0.1) is 42.1 Å². The van der Waals surface area contributed by atoms with Gasteiger partial charge < -0.3 is 40.2 Å². The second-order valence-electron chi connectivity index (χ2n) is 16.1. The van der Waals surface area contributed by atoms with Crippen molar-refractivity contribution >= 4 is 67.2 Å². The summed E-state index contributed by atoms with van der Waals surface area (Å²) < 4.78 is 5.91. The van der Waals surface area contributed by atoms with E-state index in [0.29, 0.717) is 24.5 Å². The summed E-state index contributed by atoms with van der Waals surface area (Å²) in [6.07, 6.45) is 3.03. The summed E-state index contributed by atoms with van der Waals surface area (Å²) in [4.78, 5) is 72.7. The number of carbonyl (C=O) groups is 4. The van der Waals surface area contributed by atoms with Crippen LogP contribution < -0.4 is 10.6 Å². The first-order valence-electron chi connectivity index (χ1n) is 20.6. The van der Waals surface area contributed by atoms with Gasteiger partial charge in [-0.2, -0.15) is 0 Å². The molecule has 0 aliphatic carbocycles. The van der Waals surface area contributed by atoms with Crippen molar-refractivity contribution in [2.24, 2.45) is 5.92 Å². The van der Waals surface area contributed by atoms with Crippen molar-refractivity contribution in [1.29, 1.82) is 0 Å². The van der Waals surface area contributed by atoms with Crippen LogP contribution in [0.2, 0.25) is 0 Å². The van der Waals surface area contributed by atoms with E-state index < -0.39 is 24.3 Å². The minimum atomic E-state index is -1.26. The first-order valence-corrected chi connectivity index (χ1v) is 21.4. The number of hydrogen-bond donors (Lipinski definition) is 5. The van der Waals surface area contributed by atoms with Gasteiger partial charge >= 0.3 is 12.2 Å². The second-order valence-corrected chi connectivity index (χ2v) is 17.2. The molecule has 61 heavy (non-hydrogen) atoms. The lowest BCUT2D eigenvalue weighted by Crippen LogP contribution is -2.51. The first-order chi connectivity index (χ1) is 29.6. The number of rotatable bonds is 10. The number of thiophene rings is 1. The van der Waals surface area contributed by atoms with Gasteiger partial charge in [-0.25, -0.2) is 19.6 Å². The number of imidazole rings is 2. The van der Waals surface area contributed by atoms with Gasteiger partial charge in [0.1, 0.15) is 23.7 Å². The van der Waals surface area contributed by atoms with E-state index >= 15 is 0 Å². The maximum atomic E-state index is 13.8. The molecule has 15 heteroatoms. The van der Waals surface area contributed by atoms with Gasteiger partial charge in [0.2, 0.25) is 5.91 Å². The fraction of sp³-hybridized carbons (Fsp3) is 0.304. The lowest BCUT2D eigenvalue weighted by atomic mass is 10.0. The van der Waals surface area contributed by atoms with Crippen molar-refractivity contribution in [2.75, 3.05) is 20.2 Å². The van der Waals surface area contributed by atoms with E-state index in [4.69, 9.17) is 14.7 Å². The van der Waals surface area contributed by atoms with E-state index in [1.165, 1.54) is 7.11 Å². The fourth-order valence-corrected chi connectivity index (χ4v) is 9.96. The molecule has 2 saturated heterocycles. The predicted molar refractivity (Wildman–Crippen MR) is 234 cm³/mol. The zero-order valence-corrected chi connectivity index (χ0v) is 34.8. The number of likely N-dealkylation sites (tertiary alicyclic amines) is 2. The molecule has 0 unspecified atom stereocenters. The number of nitrogens with one attached hydrogen (secondary N) is 4. The maximum Gasteiger partial charge on any atom is 0.407 e. The van der Waals surface area contributed by atoms with Crippen molar-refractivity contribution in [3.8, 4) is 21.7 Å². The zero-order valence-electron chi connectivity index (χ0n) is 34.0. The smallest absolute Gasteiger partial charge is 0.407 e. The number of carbonyl (C=O) groups excluding carboxylic acids is 3. The van der Waals surface area contributed by atoms with Crippen molar-refractivity contribution in [2.45, 2.75) is 63.7 Å². The Hall–Kier alpha value is -6.74. The number of aromatic amines is 2. The average molecular weight is 839 g/mol. The Labute approximate surface area is 355 Å². The molecule has 7 aromatic rings. The molecule has 5 heterocycles. The summed E-state index contributed by atoms with van der Waals surface area (Å²) in [7, 11) is 1.29. The molecule has 9 rings (SSSR count). The van der Waals surface area contributed by atoms with Gasteiger partial charge in [0.25, 0.3) is 5.91 Å². The molecule has 0 saturated carbocycles. The van der Waals surface area contributed by atoms with E-state index in [-0.39, 0.29) is 29.8 Å². The number of methoxy groups -OCH3 is 1. The third-order valence-electron chi connectivity index (χ3n) is 11.9. The van der Waals surface area contributed by atoms with Crippen molar-refractivity contribution in [1.82, 2.24) is 40.4 Å². The van der Waals surface area contributed by atoms with Crippen LogP contribution >= 0.6 is 11.3 Å². The summed E-state index contributed by atoms with van der Waals surface area (Å²) in [6.45, 7) is 4.91. The summed E-state index contributed by atoms with van der Waals surface area (Å²) in [5, 5.41) is 17.9. The second kappa shape index (κ2) is 16.4. The molecule has 4 atom stereocenters. The van der Waals surface area contributed by atoms with Crippen LogP contribution in [0, 0.1) is 5.92 Å². The molecule has 2 fully saturated rings. The summed E-state index contributed by atoms with van der Waals surface area (Å²) in [5.74, 6) is 0.852. The van der Waals surface area contributed by atoms with Crippen molar-refractivity contribution in [3.63, 3.8) is 0 Å². The standard InChI is InChI=1S/C46H46N8O6S/c1-25(2)38(52-46(59)60-3)43(55)54-20-8-12-35(54)42-48-32-18-16-27-21-29(15-17-31(27)40(32)50-42)37-23-30-14-13-28(22-36(30)61-37)33-24-47-41(49-33)34-11-7-19-53(34)44(56)39(51-45(57)58)26-9-5-4-6-10-26/h4-6,9-10,13-18,21-25,34-35,38-39,51H,7-8,11-12,19-20H2,1-3H3,(H,47,49)(H,48,50)(H,52,59)(H,57,58)/t34-,35-,38-,39+/m0/s1. The molecule has 312 valence electrons. The molecular formula is C46H46N8O6S. The number of fused-ring (bicyclic) bond motifs is 4. The molecule has 14 nitrogen and oxygen atoms in total. The number of alkyl carbamates (subject to hydrolysis) is 1. The van der Waals surface area contributed by atoms with Crippen LogP contribution in [-0.4, -0.2) is 85.1 Å². The number of H-pyrrole nitrogens is 2. The predicted octanol–water partition coefficient (Wildman–Crippen LogP) is 8.70. The molecule has 0 spiro atoms. The molecular weight excluding hydrogens is 793 g/mol. The Morgan fingerprint density at radius 2 is 1.54 bits per heavy atom. The lowest BCUT2D eigenvalue weighted by molar-refractivity contribution is -0.135. The lowest BCUT2D eigenvalue weighted by Gasteiger charge is -2.29. The SMILES string of the molecule is COC(=O)N[C@H](C(=O)N1CCC[C@H]1c1nc2ccc3cc(-c4cc5ccc(-c6cnc([C@@H]7CCCN7C(=O)[C@H](NC(=O)O)c7ccccc7)[nH]6)cc5s4)ccc3c2[nH]1)C(C)C. The highest BCUT2D eigenvalue weighted by Crippen LogP contribution is 2.40. The fourth-order valence-electron chi connectivity index (χ4n) is 8.86. The summed E-state index contributed by atoms with van der Waals surface area (Å²) in [6, 6.07) is 25.8. The summed E-state index contributed by atoms with van der Waals surface area (Å²) >= 11 is 1.71. The number of ether oxygens (including phenoxy) is 1. The third-order valence-corrected chi connectivity index (χ3v) is 13.1. The first kappa shape index (κ1) is 39.7. The normalized spacial score (nSPS) is 17.6. The van der Waals surface area contributed by atoms with E-state index in [2.05, 4.69) is 69.1 Å². The molecule has 4 aromatic carbocycles. The van der Waals surface area contributed by atoms with Gasteiger partial charge in [-0.1, -0.05) is 74.5 Å². The highest BCUT2D eigenvalue weighted by Gasteiger charge is 2.39. The van der Waals surface area contributed by atoms with Gasteiger partial charge in [0, 0.05) is 33.6 Å². The van der Waals surface area contributed by atoms with Crippen LogP contribution in [-0.2, 0) is 14.3 Å². The Balaban J connectivity index is 0.937. The van der Waals surface area contributed by atoms with E-state index in [0.717, 1.165) is 85.1 Å². The number of aromatic nitrogens is 4. The molecule has 0 bridgehead atoms. The van der Waals surface area contributed by atoms with Crippen LogP contribution in [0.25, 0.3) is 53.6 Å². The summed E-state index contributed by atoms with van der Waals surface area (Å²) in [5.41, 5.74) is 5.25. The molecule has 2 aliphatic heterocycles. The molecule has 2 aliphatic rings. The quantitative estimate of drug-likeness (QED) is 0.0905. The minimum Gasteiger partial charge on any atom is -0.465 e. The Bertz CT molecular complexity index is 2800. The Kier molecular flexibility index (Phi) is 10.7. The van der Waals surface area contributed by atoms with Crippen molar-refractivity contribution in [3.05, 3.63) is 108 Å². The Morgan fingerprint density at radius 3 is 2.28 bits per heavy atom. The van der Waals surface area contributed by atoms with Crippen LogP contribution in [0.4, 0.5) is 9.59 Å². The molecule has 4 amide bonds. The number of carboxylic acid groups (broad SMARTS) is 1. The van der Waals surface area contributed by atoms with E-state index in [1.54, 1.807) is 46.7 Å². The van der Waals surface area contributed by atoms with Gasteiger partial charge in [-0.3, -0.25) is 9.59 Å².